The van der Waals surface area contributed by atoms with Crippen molar-refractivity contribution in [2.75, 3.05) is 17.7 Å². The van der Waals surface area contributed by atoms with Gasteiger partial charge in [0.05, 0.1) is 36.3 Å². The minimum atomic E-state index is -0.441. The molecule has 0 saturated heterocycles. The van der Waals surface area contributed by atoms with Crippen molar-refractivity contribution in [1.82, 2.24) is 9.78 Å². The fourth-order valence-electron chi connectivity index (χ4n) is 3.53. The number of benzene rings is 2. The van der Waals surface area contributed by atoms with Crippen molar-refractivity contribution in [1.29, 1.82) is 0 Å². The number of nitrogens with one attached hydrogen (secondary N) is 2. The highest BCUT2D eigenvalue weighted by molar-refractivity contribution is 7.80. The topological polar surface area (TPSA) is 68.2 Å². The van der Waals surface area contributed by atoms with Crippen LogP contribution in [-0.4, -0.2) is 28.0 Å². The molecule has 4 rings (SSSR count). The number of methoxy groups -OCH3 is 1. The van der Waals surface area contributed by atoms with E-state index >= 15 is 0 Å². The molecule has 0 unspecified atom stereocenters. The van der Waals surface area contributed by atoms with Gasteiger partial charge in [0.2, 0.25) is 0 Å². The predicted molar refractivity (Wildman–Crippen MR) is 138 cm³/mol. The Hall–Kier alpha value is -3.56. The molecule has 0 aliphatic rings. The molecule has 34 heavy (non-hydrogen) atoms. The lowest BCUT2D eigenvalue weighted by Crippen LogP contribution is -2.20. The molecule has 4 aromatic rings. The third-order valence-electron chi connectivity index (χ3n) is 5.29. The SMILES string of the molecule is COC(=O)c1cc(-c2ccccc2)sc1NC(=S)Nc1c(C)nn(Cc2ccc(F)cc2)c1C. The van der Waals surface area contributed by atoms with Crippen LogP contribution < -0.4 is 10.6 Å². The zero-order valence-electron chi connectivity index (χ0n) is 18.9. The number of halogens is 1. The van der Waals surface area contributed by atoms with Crippen molar-refractivity contribution >= 4 is 45.3 Å². The first-order valence-corrected chi connectivity index (χ1v) is 11.7. The number of anilines is 2. The van der Waals surface area contributed by atoms with Crippen molar-refractivity contribution in [3.8, 4) is 10.4 Å². The summed E-state index contributed by atoms with van der Waals surface area (Å²) >= 11 is 6.97. The summed E-state index contributed by atoms with van der Waals surface area (Å²) in [4.78, 5) is 13.3. The van der Waals surface area contributed by atoms with Gasteiger partial charge in [0.1, 0.15) is 10.8 Å². The normalized spacial score (nSPS) is 10.7. The number of aromatic nitrogens is 2. The number of carbonyl (C=O) groups is 1. The summed E-state index contributed by atoms with van der Waals surface area (Å²) < 4.78 is 20.0. The Balaban J connectivity index is 1.54. The lowest BCUT2D eigenvalue weighted by molar-refractivity contribution is 0.0602. The Morgan fingerprint density at radius 3 is 2.50 bits per heavy atom. The minimum Gasteiger partial charge on any atom is -0.465 e. The van der Waals surface area contributed by atoms with Crippen LogP contribution in [0.4, 0.5) is 15.1 Å². The molecule has 2 heterocycles. The van der Waals surface area contributed by atoms with Gasteiger partial charge in [-0.2, -0.15) is 5.10 Å². The van der Waals surface area contributed by atoms with Gasteiger partial charge in [-0.25, -0.2) is 9.18 Å². The third kappa shape index (κ3) is 5.16. The number of aryl methyl sites for hydroxylation is 1. The molecular formula is C25H23FN4O2S2. The second kappa shape index (κ2) is 10.1. The van der Waals surface area contributed by atoms with Crippen LogP contribution in [0.25, 0.3) is 10.4 Å². The van der Waals surface area contributed by atoms with Crippen LogP contribution in [0.5, 0.6) is 0 Å². The van der Waals surface area contributed by atoms with E-state index in [1.54, 1.807) is 18.2 Å². The van der Waals surface area contributed by atoms with Crippen LogP contribution in [0.2, 0.25) is 0 Å². The van der Waals surface area contributed by atoms with Crippen molar-refractivity contribution < 1.29 is 13.9 Å². The summed E-state index contributed by atoms with van der Waals surface area (Å²) in [5.41, 5.74) is 4.78. The maximum Gasteiger partial charge on any atom is 0.340 e. The largest absolute Gasteiger partial charge is 0.465 e. The molecule has 0 saturated carbocycles. The second-order valence-corrected chi connectivity index (χ2v) is 9.08. The van der Waals surface area contributed by atoms with Gasteiger partial charge in [-0.1, -0.05) is 42.5 Å². The first-order valence-electron chi connectivity index (χ1n) is 10.5. The number of carbonyl (C=O) groups excluding carboxylic acids is 1. The molecular weight excluding hydrogens is 471 g/mol. The molecule has 2 N–H and O–H groups in total. The van der Waals surface area contributed by atoms with E-state index in [-0.39, 0.29) is 5.82 Å². The number of rotatable bonds is 6. The summed E-state index contributed by atoms with van der Waals surface area (Å²) in [5, 5.41) is 11.9. The van der Waals surface area contributed by atoms with E-state index in [0.717, 1.165) is 33.1 Å². The van der Waals surface area contributed by atoms with Crippen LogP contribution in [0.15, 0.2) is 60.7 Å². The average molecular weight is 495 g/mol. The van der Waals surface area contributed by atoms with E-state index in [2.05, 4.69) is 15.7 Å². The van der Waals surface area contributed by atoms with Gasteiger partial charge < -0.3 is 15.4 Å². The summed E-state index contributed by atoms with van der Waals surface area (Å²) in [6, 6.07) is 17.9. The minimum absolute atomic E-state index is 0.272. The average Bonchev–Trinajstić information content (AvgIpc) is 3.37. The molecule has 0 radical (unpaired) electrons. The fourth-order valence-corrected chi connectivity index (χ4v) is 4.86. The Labute approximate surface area is 206 Å². The molecule has 0 aliphatic carbocycles. The zero-order valence-corrected chi connectivity index (χ0v) is 20.5. The van der Waals surface area contributed by atoms with E-state index in [1.165, 1.54) is 30.6 Å². The molecule has 6 nitrogen and oxygen atoms in total. The molecule has 0 fully saturated rings. The first kappa shape index (κ1) is 23.6. The van der Waals surface area contributed by atoms with Crippen LogP contribution in [0, 0.1) is 19.7 Å². The number of esters is 1. The van der Waals surface area contributed by atoms with Gasteiger partial charge in [-0.05, 0) is 55.4 Å². The van der Waals surface area contributed by atoms with E-state index < -0.39 is 5.97 Å². The van der Waals surface area contributed by atoms with Crippen molar-refractivity contribution in [3.63, 3.8) is 0 Å². The fraction of sp³-hybridized carbons (Fsp3) is 0.160. The highest BCUT2D eigenvalue weighted by atomic mass is 32.1. The van der Waals surface area contributed by atoms with E-state index in [4.69, 9.17) is 17.0 Å². The molecule has 0 bridgehead atoms. The number of thiocarbonyl (C=S) groups is 1. The highest BCUT2D eigenvalue weighted by Gasteiger charge is 2.20. The summed E-state index contributed by atoms with van der Waals surface area (Å²) in [5.74, 6) is -0.713. The predicted octanol–water partition coefficient (Wildman–Crippen LogP) is 6.01. The summed E-state index contributed by atoms with van der Waals surface area (Å²) in [6.45, 7) is 4.33. The molecule has 9 heteroatoms. The first-order chi connectivity index (χ1) is 16.4. The lowest BCUT2D eigenvalue weighted by Gasteiger charge is -2.11. The molecule has 174 valence electrons. The smallest absolute Gasteiger partial charge is 0.340 e. The van der Waals surface area contributed by atoms with Crippen LogP contribution >= 0.6 is 23.6 Å². The van der Waals surface area contributed by atoms with Gasteiger partial charge in [0.15, 0.2) is 5.11 Å². The van der Waals surface area contributed by atoms with Gasteiger partial charge in [0, 0.05) is 4.88 Å². The van der Waals surface area contributed by atoms with E-state index in [9.17, 15) is 9.18 Å². The van der Waals surface area contributed by atoms with Gasteiger partial charge in [-0.3, -0.25) is 4.68 Å². The number of thiophene rings is 1. The third-order valence-corrected chi connectivity index (χ3v) is 6.59. The number of hydrogen-bond acceptors (Lipinski definition) is 5. The maximum absolute atomic E-state index is 13.2. The number of ether oxygens (including phenoxy) is 1. The Kier molecular flexibility index (Phi) is 7.04. The molecule has 2 aromatic carbocycles. The van der Waals surface area contributed by atoms with Crippen LogP contribution in [-0.2, 0) is 11.3 Å². The monoisotopic (exact) mass is 494 g/mol. The molecule has 0 atom stereocenters. The van der Waals surface area contributed by atoms with Gasteiger partial charge >= 0.3 is 5.97 Å². The van der Waals surface area contributed by atoms with Crippen LogP contribution in [0.3, 0.4) is 0 Å². The Bertz CT molecular complexity index is 1330. The zero-order chi connectivity index (χ0) is 24.2. The van der Waals surface area contributed by atoms with Crippen LogP contribution in [0.1, 0.15) is 27.3 Å². The van der Waals surface area contributed by atoms with Crippen molar-refractivity contribution in [3.05, 3.63) is 89.0 Å². The lowest BCUT2D eigenvalue weighted by atomic mass is 10.1. The standard InChI is InChI=1S/C25H23FN4O2S2/c1-15-22(16(2)30(29-15)14-17-9-11-19(26)12-10-17)27-25(33)28-23-20(24(31)32-3)13-21(34-23)18-7-5-4-6-8-18/h4-13H,14H2,1-3H3,(H2,27,28,33). The molecule has 0 spiro atoms. The van der Waals surface area contributed by atoms with Gasteiger partial charge in [0.25, 0.3) is 0 Å². The van der Waals surface area contributed by atoms with Gasteiger partial charge in [-0.15, -0.1) is 11.3 Å². The van der Waals surface area contributed by atoms with Crippen molar-refractivity contribution in [2.45, 2.75) is 20.4 Å². The number of nitrogens with zero attached hydrogens (tertiary/aromatic N) is 2. The second-order valence-electron chi connectivity index (χ2n) is 7.62. The Morgan fingerprint density at radius 1 is 1.12 bits per heavy atom. The molecule has 0 aliphatic heterocycles. The highest BCUT2D eigenvalue weighted by Crippen LogP contribution is 2.36. The van der Waals surface area contributed by atoms with Crippen molar-refractivity contribution in [2.24, 2.45) is 0 Å². The summed E-state index contributed by atoms with van der Waals surface area (Å²) in [6.07, 6.45) is 0. The molecule has 2 aromatic heterocycles. The van der Waals surface area contributed by atoms with E-state index in [0.29, 0.717) is 22.2 Å². The maximum atomic E-state index is 13.2. The molecule has 0 amide bonds. The quantitative estimate of drug-likeness (QED) is 0.253. The number of hydrogen-bond donors (Lipinski definition) is 2. The Morgan fingerprint density at radius 2 is 1.82 bits per heavy atom. The summed E-state index contributed by atoms with van der Waals surface area (Å²) in [7, 11) is 1.35. The van der Waals surface area contributed by atoms with E-state index in [1.807, 2.05) is 48.9 Å².